The van der Waals surface area contributed by atoms with Gasteiger partial charge in [-0.3, -0.25) is 9.69 Å². The summed E-state index contributed by atoms with van der Waals surface area (Å²) in [5, 5.41) is 3.03. The van der Waals surface area contributed by atoms with Gasteiger partial charge in [-0.2, -0.15) is 0 Å². The minimum absolute atomic E-state index is 0.0333. The van der Waals surface area contributed by atoms with E-state index in [4.69, 9.17) is 0 Å². The first-order valence-corrected chi connectivity index (χ1v) is 10.6. The van der Waals surface area contributed by atoms with E-state index >= 15 is 0 Å². The Labute approximate surface area is 168 Å². The van der Waals surface area contributed by atoms with Crippen molar-refractivity contribution in [2.75, 3.05) is 39.3 Å². The van der Waals surface area contributed by atoms with Crippen molar-refractivity contribution in [1.29, 1.82) is 0 Å². The number of hydrogen-bond acceptors (Lipinski definition) is 3. The highest BCUT2D eigenvalue weighted by molar-refractivity contribution is 5.84. The highest BCUT2D eigenvalue weighted by Gasteiger charge is 2.36. The lowest BCUT2D eigenvalue weighted by molar-refractivity contribution is -0.132. The molecule has 1 atom stereocenters. The molecule has 2 aliphatic rings. The average Bonchev–Trinajstić information content (AvgIpc) is 2.89. The van der Waals surface area contributed by atoms with Crippen LogP contribution in [0.4, 0.5) is 4.79 Å². The molecule has 154 valence electrons. The molecular weight excluding hydrogens is 352 g/mol. The number of carbonyl (C=O) groups excluding carboxylic acids is 2. The van der Waals surface area contributed by atoms with Gasteiger partial charge in [-0.25, -0.2) is 4.79 Å². The van der Waals surface area contributed by atoms with Crippen LogP contribution >= 0.6 is 0 Å². The Hall–Kier alpha value is -2.08. The Kier molecular flexibility index (Phi) is 7.31. The second kappa shape index (κ2) is 9.92. The third-order valence-electron chi connectivity index (χ3n) is 5.74. The number of hydrogen-bond donors (Lipinski definition) is 1. The van der Waals surface area contributed by atoms with Crippen molar-refractivity contribution < 1.29 is 9.59 Å². The molecule has 6 nitrogen and oxygen atoms in total. The number of nitrogens with zero attached hydrogens (tertiary/aromatic N) is 3. The number of likely N-dealkylation sites (tertiary alicyclic amines) is 1. The predicted molar refractivity (Wildman–Crippen MR) is 111 cm³/mol. The Balaban J connectivity index is 1.49. The number of amides is 3. The van der Waals surface area contributed by atoms with Crippen LogP contribution in [0.2, 0.25) is 0 Å². The van der Waals surface area contributed by atoms with Crippen LogP contribution < -0.4 is 5.32 Å². The van der Waals surface area contributed by atoms with E-state index < -0.39 is 0 Å². The van der Waals surface area contributed by atoms with Crippen LogP contribution in [0.1, 0.15) is 38.7 Å². The first kappa shape index (κ1) is 20.6. The van der Waals surface area contributed by atoms with Gasteiger partial charge in [0.05, 0.1) is 6.04 Å². The zero-order chi connectivity index (χ0) is 19.9. The second-order valence-electron chi connectivity index (χ2n) is 8.34. The van der Waals surface area contributed by atoms with Gasteiger partial charge in [0.1, 0.15) is 0 Å². The van der Waals surface area contributed by atoms with Crippen molar-refractivity contribution in [1.82, 2.24) is 20.0 Å². The van der Waals surface area contributed by atoms with Crippen LogP contribution in [-0.4, -0.2) is 71.9 Å². The molecule has 2 aliphatic heterocycles. The minimum Gasteiger partial charge on any atom is -0.338 e. The van der Waals surface area contributed by atoms with Gasteiger partial charge in [0.15, 0.2) is 0 Å². The maximum absolute atomic E-state index is 12.9. The van der Waals surface area contributed by atoms with Crippen molar-refractivity contribution in [3.63, 3.8) is 0 Å². The van der Waals surface area contributed by atoms with E-state index in [-0.39, 0.29) is 18.0 Å². The number of benzene rings is 1. The van der Waals surface area contributed by atoms with Crippen molar-refractivity contribution in [3.8, 4) is 0 Å². The van der Waals surface area contributed by atoms with Crippen molar-refractivity contribution in [2.45, 2.75) is 45.7 Å². The average molecular weight is 387 g/mol. The lowest BCUT2D eigenvalue weighted by atomic mass is 10.1. The Morgan fingerprint density at radius 1 is 1.11 bits per heavy atom. The highest BCUT2D eigenvalue weighted by atomic mass is 16.2. The molecule has 2 saturated heterocycles. The largest absolute Gasteiger partial charge is 0.338 e. The highest BCUT2D eigenvalue weighted by Crippen LogP contribution is 2.21. The normalized spacial score (nSPS) is 21.2. The number of rotatable bonds is 6. The van der Waals surface area contributed by atoms with Crippen molar-refractivity contribution in [3.05, 3.63) is 35.9 Å². The standard InChI is InChI=1S/C22H34N4O2/c1-18(2)9-11-23-22(28)25-13-6-12-24(15-16-25)20-10-14-26(21(20)27)17-19-7-4-3-5-8-19/h3-5,7-8,18,20H,6,9-17H2,1-2H3,(H,23,28). The summed E-state index contributed by atoms with van der Waals surface area (Å²) in [6.07, 6.45) is 2.80. The van der Waals surface area contributed by atoms with E-state index in [1.165, 1.54) is 5.56 Å². The van der Waals surface area contributed by atoms with E-state index in [1.54, 1.807) is 0 Å². The van der Waals surface area contributed by atoms with Crippen LogP contribution in [0, 0.1) is 5.92 Å². The summed E-state index contributed by atoms with van der Waals surface area (Å²) in [7, 11) is 0. The lowest BCUT2D eigenvalue weighted by Crippen LogP contribution is -2.45. The summed E-state index contributed by atoms with van der Waals surface area (Å²) < 4.78 is 0. The molecule has 28 heavy (non-hydrogen) atoms. The minimum atomic E-state index is -0.0346. The molecular formula is C22H34N4O2. The molecule has 0 saturated carbocycles. The molecule has 2 fully saturated rings. The van der Waals surface area contributed by atoms with Gasteiger partial charge in [0, 0.05) is 45.8 Å². The molecule has 1 N–H and O–H groups in total. The molecule has 0 aromatic heterocycles. The van der Waals surface area contributed by atoms with E-state index in [1.807, 2.05) is 28.0 Å². The Morgan fingerprint density at radius 3 is 2.64 bits per heavy atom. The molecule has 0 aliphatic carbocycles. The second-order valence-corrected chi connectivity index (χ2v) is 8.34. The summed E-state index contributed by atoms with van der Waals surface area (Å²) in [4.78, 5) is 31.5. The predicted octanol–water partition coefficient (Wildman–Crippen LogP) is 2.55. The Morgan fingerprint density at radius 2 is 1.89 bits per heavy atom. The first-order valence-electron chi connectivity index (χ1n) is 10.6. The first-order chi connectivity index (χ1) is 13.5. The molecule has 0 spiro atoms. The van der Waals surface area contributed by atoms with Crippen LogP contribution in [0.15, 0.2) is 30.3 Å². The van der Waals surface area contributed by atoms with E-state index in [0.29, 0.717) is 19.0 Å². The quantitative estimate of drug-likeness (QED) is 0.817. The Bertz CT molecular complexity index is 649. The van der Waals surface area contributed by atoms with E-state index in [2.05, 4.69) is 36.2 Å². The third-order valence-corrected chi connectivity index (χ3v) is 5.74. The van der Waals surface area contributed by atoms with Crippen LogP contribution in [-0.2, 0) is 11.3 Å². The fourth-order valence-corrected chi connectivity index (χ4v) is 4.05. The number of carbonyl (C=O) groups is 2. The molecule has 1 aromatic rings. The monoisotopic (exact) mass is 386 g/mol. The maximum Gasteiger partial charge on any atom is 0.317 e. The van der Waals surface area contributed by atoms with E-state index in [9.17, 15) is 9.59 Å². The van der Waals surface area contributed by atoms with Crippen LogP contribution in [0.25, 0.3) is 0 Å². The fraction of sp³-hybridized carbons (Fsp3) is 0.636. The SMILES string of the molecule is CC(C)CCNC(=O)N1CCCN(C2CCN(Cc3ccccc3)C2=O)CC1. The zero-order valence-electron chi connectivity index (χ0n) is 17.3. The summed E-state index contributed by atoms with van der Waals surface area (Å²) in [5.41, 5.74) is 1.18. The van der Waals surface area contributed by atoms with E-state index in [0.717, 1.165) is 52.0 Å². The summed E-state index contributed by atoms with van der Waals surface area (Å²) in [5.74, 6) is 0.825. The summed E-state index contributed by atoms with van der Waals surface area (Å²) in [6.45, 7) is 9.66. The fourth-order valence-electron chi connectivity index (χ4n) is 4.05. The van der Waals surface area contributed by atoms with Crippen LogP contribution in [0.5, 0.6) is 0 Å². The topological polar surface area (TPSA) is 55.9 Å². The lowest BCUT2D eigenvalue weighted by Gasteiger charge is -2.27. The zero-order valence-corrected chi connectivity index (χ0v) is 17.3. The molecule has 6 heteroatoms. The molecule has 1 aromatic carbocycles. The van der Waals surface area contributed by atoms with Gasteiger partial charge < -0.3 is 15.1 Å². The van der Waals surface area contributed by atoms with Gasteiger partial charge in [-0.15, -0.1) is 0 Å². The molecule has 3 rings (SSSR count). The van der Waals surface area contributed by atoms with Crippen molar-refractivity contribution in [2.24, 2.45) is 5.92 Å². The number of urea groups is 1. The molecule has 2 heterocycles. The summed E-state index contributed by atoms with van der Waals surface area (Å²) in [6, 6.07) is 10.2. The molecule has 1 unspecified atom stereocenters. The smallest absolute Gasteiger partial charge is 0.317 e. The summed E-state index contributed by atoms with van der Waals surface area (Å²) >= 11 is 0. The molecule has 0 bridgehead atoms. The molecule has 0 radical (unpaired) electrons. The molecule has 3 amide bonds. The van der Waals surface area contributed by atoms with Gasteiger partial charge in [0.25, 0.3) is 0 Å². The maximum atomic E-state index is 12.9. The van der Waals surface area contributed by atoms with Gasteiger partial charge in [0.2, 0.25) is 5.91 Å². The van der Waals surface area contributed by atoms with Crippen molar-refractivity contribution >= 4 is 11.9 Å². The van der Waals surface area contributed by atoms with Gasteiger partial charge >= 0.3 is 6.03 Å². The number of nitrogens with one attached hydrogen (secondary N) is 1. The van der Waals surface area contributed by atoms with Gasteiger partial charge in [-0.05, 0) is 30.7 Å². The van der Waals surface area contributed by atoms with Gasteiger partial charge in [-0.1, -0.05) is 44.2 Å². The third kappa shape index (κ3) is 5.47. The van der Waals surface area contributed by atoms with Crippen LogP contribution in [0.3, 0.4) is 0 Å².